The van der Waals surface area contributed by atoms with Crippen LogP contribution >= 0.6 is 24.0 Å². The third-order valence-electron chi connectivity index (χ3n) is 4.86. The number of unbranched alkanes of at least 4 members (excludes halogenated alkanes) is 3. The predicted octanol–water partition coefficient (Wildman–Crippen LogP) is 4.03. The minimum Gasteiger partial charge on any atom is -0.493 e. The second-order valence-corrected chi connectivity index (χ2v) is 11.0. The molecule has 0 radical (unpaired) electrons. The van der Waals surface area contributed by atoms with Gasteiger partial charge in [0, 0.05) is 5.56 Å². The summed E-state index contributed by atoms with van der Waals surface area (Å²) in [6.45, 7) is 2.82. The van der Waals surface area contributed by atoms with Crippen LogP contribution in [0.25, 0.3) is 6.08 Å². The van der Waals surface area contributed by atoms with Gasteiger partial charge in [0.15, 0.2) is 9.84 Å². The molecular formula is C20H25NO4S3. The van der Waals surface area contributed by atoms with Gasteiger partial charge in [-0.15, -0.1) is 0 Å². The van der Waals surface area contributed by atoms with E-state index in [1.165, 1.54) is 29.5 Å². The number of rotatable bonds is 8. The monoisotopic (exact) mass is 439 g/mol. The van der Waals surface area contributed by atoms with Crippen molar-refractivity contribution in [2.24, 2.45) is 0 Å². The molecule has 2 heterocycles. The van der Waals surface area contributed by atoms with Crippen LogP contribution in [-0.2, 0) is 14.6 Å². The average Bonchev–Trinajstić information content (AvgIpc) is 3.14. The molecular weight excluding hydrogens is 414 g/mol. The Morgan fingerprint density at radius 1 is 1.29 bits per heavy atom. The Morgan fingerprint density at radius 2 is 2.07 bits per heavy atom. The zero-order valence-electron chi connectivity index (χ0n) is 15.9. The first-order valence-electron chi connectivity index (χ1n) is 9.60. The molecule has 2 saturated heterocycles. The Morgan fingerprint density at radius 3 is 2.79 bits per heavy atom. The van der Waals surface area contributed by atoms with Crippen LogP contribution in [0.3, 0.4) is 0 Å². The molecule has 1 atom stereocenters. The molecule has 1 aromatic carbocycles. The van der Waals surface area contributed by atoms with Crippen LogP contribution in [0, 0.1) is 0 Å². The van der Waals surface area contributed by atoms with Gasteiger partial charge in [-0.25, -0.2) is 8.42 Å². The van der Waals surface area contributed by atoms with Gasteiger partial charge in [0.25, 0.3) is 5.91 Å². The highest BCUT2D eigenvalue weighted by Crippen LogP contribution is 2.37. The fraction of sp³-hybridized carbons (Fsp3) is 0.500. The van der Waals surface area contributed by atoms with Crippen LogP contribution in [0.4, 0.5) is 0 Å². The molecule has 5 nitrogen and oxygen atoms in total. The maximum absolute atomic E-state index is 12.9. The van der Waals surface area contributed by atoms with Gasteiger partial charge in [0.05, 0.1) is 29.1 Å². The zero-order valence-corrected chi connectivity index (χ0v) is 18.4. The van der Waals surface area contributed by atoms with Crippen LogP contribution < -0.4 is 4.74 Å². The molecule has 0 spiro atoms. The summed E-state index contributed by atoms with van der Waals surface area (Å²) in [5, 5.41) is 0. The number of para-hydroxylation sites is 1. The van der Waals surface area contributed by atoms with Crippen molar-refractivity contribution in [1.29, 1.82) is 0 Å². The van der Waals surface area contributed by atoms with E-state index in [-0.39, 0.29) is 23.5 Å². The van der Waals surface area contributed by atoms with Crippen molar-refractivity contribution in [2.45, 2.75) is 45.1 Å². The summed E-state index contributed by atoms with van der Waals surface area (Å²) in [4.78, 5) is 14.9. The van der Waals surface area contributed by atoms with Crippen LogP contribution in [-0.4, -0.2) is 47.7 Å². The summed E-state index contributed by atoms with van der Waals surface area (Å²) in [7, 11) is -3.08. The van der Waals surface area contributed by atoms with E-state index in [2.05, 4.69) is 6.92 Å². The average molecular weight is 440 g/mol. The van der Waals surface area contributed by atoms with Crippen molar-refractivity contribution in [3.63, 3.8) is 0 Å². The molecule has 1 amide bonds. The number of amides is 1. The number of hydrogen-bond acceptors (Lipinski definition) is 6. The molecule has 28 heavy (non-hydrogen) atoms. The lowest BCUT2D eigenvalue weighted by atomic mass is 10.1. The molecule has 0 aromatic heterocycles. The van der Waals surface area contributed by atoms with E-state index >= 15 is 0 Å². The quantitative estimate of drug-likeness (QED) is 0.346. The second kappa shape index (κ2) is 9.41. The van der Waals surface area contributed by atoms with E-state index in [0.29, 0.717) is 22.3 Å². The van der Waals surface area contributed by atoms with Crippen LogP contribution in [0.5, 0.6) is 5.75 Å². The minimum atomic E-state index is -3.08. The van der Waals surface area contributed by atoms with Gasteiger partial charge in [-0.3, -0.25) is 9.69 Å². The van der Waals surface area contributed by atoms with Crippen LogP contribution in [0.2, 0.25) is 0 Å². The normalized spacial score (nSPS) is 23.0. The van der Waals surface area contributed by atoms with Crippen molar-refractivity contribution in [1.82, 2.24) is 4.90 Å². The maximum atomic E-state index is 12.9. The third kappa shape index (κ3) is 5.15. The van der Waals surface area contributed by atoms with Gasteiger partial charge in [-0.2, -0.15) is 0 Å². The topological polar surface area (TPSA) is 63.7 Å². The van der Waals surface area contributed by atoms with E-state index in [4.69, 9.17) is 17.0 Å². The van der Waals surface area contributed by atoms with Gasteiger partial charge in [0.2, 0.25) is 0 Å². The number of sulfone groups is 1. The van der Waals surface area contributed by atoms with Crippen molar-refractivity contribution in [3.05, 3.63) is 34.7 Å². The highest BCUT2D eigenvalue weighted by atomic mass is 32.2. The fourth-order valence-corrected chi connectivity index (χ4v) is 6.45. The summed E-state index contributed by atoms with van der Waals surface area (Å²) >= 11 is 6.59. The lowest BCUT2D eigenvalue weighted by Gasteiger charge is -2.20. The summed E-state index contributed by atoms with van der Waals surface area (Å²) in [6.07, 6.45) is 6.76. The lowest BCUT2D eigenvalue weighted by molar-refractivity contribution is -0.123. The minimum absolute atomic E-state index is 0.00974. The van der Waals surface area contributed by atoms with Gasteiger partial charge in [-0.05, 0) is 25.0 Å². The molecule has 0 N–H and O–H groups in total. The number of thiocarbonyl (C=S) groups is 1. The largest absolute Gasteiger partial charge is 0.493 e. The Kier molecular flexibility index (Phi) is 7.17. The van der Waals surface area contributed by atoms with Crippen LogP contribution in [0.15, 0.2) is 29.2 Å². The van der Waals surface area contributed by atoms with E-state index in [1.54, 1.807) is 6.08 Å². The van der Waals surface area contributed by atoms with Gasteiger partial charge in [0.1, 0.15) is 10.1 Å². The molecule has 8 heteroatoms. The highest BCUT2D eigenvalue weighted by molar-refractivity contribution is 8.26. The SMILES string of the molecule is CCCCCCOc1ccccc1C=C1SC(=S)N(C2CCS(=O)(=O)C2)C1=O. The molecule has 2 aliphatic heterocycles. The number of carbonyl (C=O) groups is 1. The molecule has 0 bridgehead atoms. The van der Waals surface area contributed by atoms with Crippen molar-refractivity contribution in [2.75, 3.05) is 18.1 Å². The molecule has 152 valence electrons. The molecule has 0 aliphatic carbocycles. The summed E-state index contributed by atoms with van der Waals surface area (Å²) in [6, 6.07) is 7.27. The zero-order chi connectivity index (χ0) is 20.1. The molecule has 3 rings (SSSR count). The number of hydrogen-bond donors (Lipinski definition) is 0. The Balaban J connectivity index is 1.72. The van der Waals surface area contributed by atoms with Crippen molar-refractivity contribution >= 4 is 50.1 Å². The summed E-state index contributed by atoms with van der Waals surface area (Å²) < 4.78 is 29.9. The summed E-state index contributed by atoms with van der Waals surface area (Å²) in [5.74, 6) is 0.634. The van der Waals surface area contributed by atoms with Gasteiger partial charge in [-0.1, -0.05) is 68.4 Å². The van der Waals surface area contributed by atoms with E-state index in [0.717, 1.165) is 24.2 Å². The number of ether oxygens (including phenoxy) is 1. The molecule has 2 aliphatic rings. The highest BCUT2D eigenvalue weighted by Gasteiger charge is 2.42. The molecule has 2 fully saturated rings. The molecule has 0 saturated carbocycles. The first-order chi connectivity index (χ1) is 13.4. The van der Waals surface area contributed by atoms with Crippen LogP contribution in [0.1, 0.15) is 44.6 Å². The number of thioether (sulfide) groups is 1. The first-order valence-corrected chi connectivity index (χ1v) is 12.6. The third-order valence-corrected chi connectivity index (χ3v) is 7.94. The predicted molar refractivity (Wildman–Crippen MR) is 118 cm³/mol. The Bertz CT molecular complexity index is 879. The number of carbonyl (C=O) groups excluding carboxylic acids is 1. The van der Waals surface area contributed by atoms with E-state index in [1.807, 2.05) is 24.3 Å². The molecule has 1 unspecified atom stereocenters. The lowest BCUT2D eigenvalue weighted by Crippen LogP contribution is -2.39. The smallest absolute Gasteiger partial charge is 0.266 e. The van der Waals surface area contributed by atoms with E-state index < -0.39 is 9.84 Å². The fourth-order valence-electron chi connectivity index (χ4n) is 3.36. The van der Waals surface area contributed by atoms with Crippen molar-refractivity contribution < 1.29 is 17.9 Å². The van der Waals surface area contributed by atoms with E-state index in [9.17, 15) is 13.2 Å². The van der Waals surface area contributed by atoms with Gasteiger partial charge < -0.3 is 4.74 Å². The first kappa shape index (κ1) is 21.3. The number of benzene rings is 1. The maximum Gasteiger partial charge on any atom is 0.266 e. The number of nitrogens with zero attached hydrogens (tertiary/aromatic N) is 1. The molecule has 1 aromatic rings. The van der Waals surface area contributed by atoms with Gasteiger partial charge >= 0.3 is 0 Å². The standard InChI is InChI=1S/C20H25NO4S3/c1-2-3-4-7-11-25-17-9-6-5-8-15(17)13-18-19(22)21(20(26)27-18)16-10-12-28(23,24)14-16/h5-6,8-9,13,16H,2-4,7,10-12,14H2,1H3. The Labute approximate surface area is 176 Å². The Hall–Kier alpha value is -1.38. The van der Waals surface area contributed by atoms with Crippen molar-refractivity contribution in [3.8, 4) is 5.75 Å². The summed E-state index contributed by atoms with van der Waals surface area (Å²) in [5.41, 5.74) is 0.831. The second-order valence-electron chi connectivity index (χ2n) is 7.06.